The van der Waals surface area contributed by atoms with Crippen molar-refractivity contribution in [3.63, 3.8) is 0 Å². The van der Waals surface area contributed by atoms with Gasteiger partial charge in [0.25, 0.3) is 0 Å². The first-order chi connectivity index (χ1) is 14.3. The molecule has 0 saturated carbocycles. The molecule has 0 saturated heterocycles. The minimum Gasteiger partial charge on any atom is -0.0955 e. The van der Waals surface area contributed by atoms with Gasteiger partial charge >= 0.3 is 0 Å². The van der Waals surface area contributed by atoms with E-state index in [1.165, 1.54) is 27.8 Å². The summed E-state index contributed by atoms with van der Waals surface area (Å²) in [5.41, 5.74) is 7.80. The molecular formula is C30H48. The predicted octanol–water partition coefficient (Wildman–Crippen LogP) is 10.3. The first kappa shape index (κ1) is 32.3. The van der Waals surface area contributed by atoms with Crippen molar-refractivity contribution in [2.24, 2.45) is 0 Å². The molecule has 0 aliphatic rings. The summed E-state index contributed by atoms with van der Waals surface area (Å²) in [6, 6.07) is 16.7. The smallest absolute Gasteiger partial charge is 0.0233 e. The van der Waals surface area contributed by atoms with E-state index in [1.807, 2.05) is 59.7 Å². The molecule has 30 heavy (non-hydrogen) atoms. The fourth-order valence-corrected chi connectivity index (χ4v) is 2.27. The van der Waals surface area contributed by atoms with Gasteiger partial charge in [-0.2, -0.15) is 0 Å². The van der Waals surface area contributed by atoms with E-state index >= 15 is 0 Å². The number of rotatable bonds is 3. The lowest BCUT2D eigenvalue weighted by Gasteiger charge is -1.98. The number of benzene rings is 2. The van der Waals surface area contributed by atoms with Crippen molar-refractivity contribution < 1.29 is 0 Å². The van der Waals surface area contributed by atoms with Crippen LogP contribution in [0.25, 0.3) is 5.57 Å². The van der Waals surface area contributed by atoms with Gasteiger partial charge in [-0.15, -0.1) is 0 Å². The lowest BCUT2D eigenvalue weighted by atomic mass is 10.1. The Morgan fingerprint density at radius 1 is 0.833 bits per heavy atom. The summed E-state index contributed by atoms with van der Waals surface area (Å²) in [7, 11) is 0. The molecule has 0 atom stereocenters. The van der Waals surface area contributed by atoms with Crippen LogP contribution < -0.4 is 0 Å². The summed E-state index contributed by atoms with van der Waals surface area (Å²) in [4.78, 5) is 0. The van der Waals surface area contributed by atoms with Gasteiger partial charge in [-0.05, 0) is 64.7 Å². The zero-order chi connectivity index (χ0) is 23.9. The van der Waals surface area contributed by atoms with Gasteiger partial charge in [0.2, 0.25) is 0 Å². The van der Waals surface area contributed by atoms with E-state index in [-0.39, 0.29) is 0 Å². The summed E-state index contributed by atoms with van der Waals surface area (Å²) in [5.74, 6) is 0. The molecule has 168 valence electrons. The Morgan fingerprint density at radius 2 is 1.37 bits per heavy atom. The SMILES string of the molecule is C/C=C\C(C)=C/CC.C=C(C)c1ccccc1.CC.CC.Cc1ccc(C)c(C)c1. The van der Waals surface area contributed by atoms with Gasteiger partial charge in [0.05, 0.1) is 0 Å². The normalized spacial score (nSPS) is 9.50. The highest BCUT2D eigenvalue weighted by Crippen LogP contribution is 2.09. The molecule has 2 aromatic rings. The van der Waals surface area contributed by atoms with Gasteiger partial charge in [0.15, 0.2) is 0 Å². The molecule has 0 amide bonds. The van der Waals surface area contributed by atoms with Gasteiger partial charge in [0.1, 0.15) is 0 Å². The van der Waals surface area contributed by atoms with E-state index in [1.54, 1.807) is 0 Å². The van der Waals surface area contributed by atoms with Crippen LogP contribution in [0.1, 0.15) is 84.1 Å². The molecule has 0 heteroatoms. The van der Waals surface area contributed by atoms with Crippen molar-refractivity contribution in [2.45, 2.75) is 82.6 Å². The molecule has 0 aliphatic carbocycles. The Kier molecular flexibility index (Phi) is 24.7. The highest BCUT2D eigenvalue weighted by molar-refractivity contribution is 5.60. The largest absolute Gasteiger partial charge is 0.0955 e. The number of hydrogen-bond donors (Lipinski definition) is 0. The van der Waals surface area contributed by atoms with Crippen LogP contribution in [0.15, 0.2) is 78.9 Å². The minimum atomic E-state index is 1.12. The summed E-state index contributed by atoms with van der Waals surface area (Å²) >= 11 is 0. The quantitative estimate of drug-likeness (QED) is 0.443. The third-order valence-corrected chi connectivity index (χ3v) is 3.88. The number of hydrogen-bond acceptors (Lipinski definition) is 0. The highest BCUT2D eigenvalue weighted by atomic mass is 13.9. The third-order valence-electron chi connectivity index (χ3n) is 3.88. The van der Waals surface area contributed by atoms with E-state index < -0.39 is 0 Å². The van der Waals surface area contributed by atoms with Crippen LogP contribution >= 0.6 is 0 Å². The minimum absolute atomic E-state index is 1.12. The van der Waals surface area contributed by atoms with E-state index in [2.05, 4.69) is 89.8 Å². The van der Waals surface area contributed by atoms with Crippen molar-refractivity contribution in [3.05, 3.63) is 101 Å². The Morgan fingerprint density at radius 3 is 1.70 bits per heavy atom. The fraction of sp³-hybridized carbons (Fsp3) is 0.400. The van der Waals surface area contributed by atoms with Gasteiger partial charge < -0.3 is 0 Å². The highest BCUT2D eigenvalue weighted by Gasteiger charge is 1.89. The van der Waals surface area contributed by atoms with Gasteiger partial charge in [0, 0.05) is 0 Å². The molecule has 0 fully saturated rings. The van der Waals surface area contributed by atoms with E-state index in [4.69, 9.17) is 0 Å². The Balaban J connectivity index is -0.000000337. The van der Waals surface area contributed by atoms with Gasteiger partial charge in [-0.25, -0.2) is 0 Å². The van der Waals surface area contributed by atoms with E-state index in [0.29, 0.717) is 0 Å². The van der Waals surface area contributed by atoms with Crippen molar-refractivity contribution in [1.82, 2.24) is 0 Å². The lowest BCUT2D eigenvalue weighted by Crippen LogP contribution is -1.79. The third kappa shape index (κ3) is 19.0. The van der Waals surface area contributed by atoms with E-state index in [9.17, 15) is 0 Å². The Bertz CT molecular complexity index is 700. The van der Waals surface area contributed by atoms with Crippen molar-refractivity contribution >= 4 is 5.57 Å². The summed E-state index contributed by atoms with van der Waals surface area (Å²) in [6.07, 6.45) is 7.52. The average Bonchev–Trinajstić information content (AvgIpc) is 2.76. The summed E-state index contributed by atoms with van der Waals surface area (Å²) in [6.45, 7) is 26.5. The van der Waals surface area contributed by atoms with Crippen LogP contribution in [0.4, 0.5) is 0 Å². The van der Waals surface area contributed by atoms with Crippen LogP contribution in [-0.2, 0) is 0 Å². The van der Waals surface area contributed by atoms with Crippen LogP contribution in [0.2, 0.25) is 0 Å². The molecule has 0 aliphatic heterocycles. The molecule has 0 nitrogen and oxygen atoms in total. The molecule has 0 spiro atoms. The van der Waals surface area contributed by atoms with Crippen LogP contribution in [0, 0.1) is 20.8 Å². The maximum Gasteiger partial charge on any atom is -0.0233 e. The topological polar surface area (TPSA) is 0 Å². The molecule has 0 N–H and O–H groups in total. The first-order valence-corrected chi connectivity index (χ1v) is 11.4. The van der Waals surface area contributed by atoms with Crippen LogP contribution in [0.5, 0.6) is 0 Å². The summed E-state index contributed by atoms with van der Waals surface area (Å²) < 4.78 is 0. The molecule has 2 rings (SSSR count). The fourth-order valence-electron chi connectivity index (χ4n) is 2.27. The lowest BCUT2D eigenvalue weighted by molar-refractivity contribution is 1.20. The predicted molar refractivity (Wildman–Crippen MR) is 143 cm³/mol. The summed E-state index contributed by atoms with van der Waals surface area (Å²) in [5, 5.41) is 0. The van der Waals surface area contributed by atoms with Crippen molar-refractivity contribution in [3.8, 4) is 0 Å². The second kappa shape index (κ2) is 22.9. The molecule has 0 heterocycles. The number of aryl methyl sites for hydroxylation is 3. The van der Waals surface area contributed by atoms with Crippen LogP contribution in [-0.4, -0.2) is 0 Å². The van der Waals surface area contributed by atoms with Crippen molar-refractivity contribution in [2.75, 3.05) is 0 Å². The number of allylic oxidation sites excluding steroid dienone is 5. The molecule has 0 bridgehead atoms. The maximum atomic E-state index is 3.83. The van der Waals surface area contributed by atoms with E-state index in [0.717, 1.165) is 12.0 Å². The van der Waals surface area contributed by atoms with Crippen molar-refractivity contribution in [1.29, 1.82) is 0 Å². The molecule has 0 radical (unpaired) electrons. The maximum absolute atomic E-state index is 3.83. The zero-order valence-electron chi connectivity index (χ0n) is 21.8. The molecular weight excluding hydrogens is 360 g/mol. The monoisotopic (exact) mass is 408 g/mol. The molecule has 2 aromatic carbocycles. The molecule has 0 aromatic heterocycles. The first-order valence-electron chi connectivity index (χ1n) is 11.4. The Labute approximate surface area is 189 Å². The molecule has 0 unspecified atom stereocenters. The second-order valence-corrected chi connectivity index (χ2v) is 6.59. The second-order valence-electron chi connectivity index (χ2n) is 6.59. The van der Waals surface area contributed by atoms with Gasteiger partial charge in [-0.1, -0.05) is 125 Å². The Hall–Kier alpha value is -2.34. The van der Waals surface area contributed by atoms with Crippen LogP contribution in [0.3, 0.4) is 0 Å². The average molecular weight is 409 g/mol. The standard InChI is InChI=1S/C9H12.C9H10.C8H14.2C2H6/c1-7-4-5-8(2)9(3)6-7;1-8(2)9-6-4-3-5-7-9;1-4-6-8(3)7-5-2;2*1-2/h4-6H,1-3H3;3-7H,1H2,2H3;4,6-7H,5H2,1-3H3;2*1-2H3/b;;6-4-,8-7-;;. The zero-order valence-corrected chi connectivity index (χ0v) is 21.8. The van der Waals surface area contributed by atoms with Gasteiger partial charge in [-0.3, -0.25) is 0 Å².